The third-order valence-corrected chi connectivity index (χ3v) is 2.16. The molecule has 0 aliphatic rings. The zero-order valence-corrected chi connectivity index (χ0v) is 9.90. The Labute approximate surface area is 99.5 Å². The van der Waals surface area contributed by atoms with E-state index >= 15 is 0 Å². The van der Waals surface area contributed by atoms with Gasteiger partial charge in [0.1, 0.15) is 0 Å². The average molecular weight is 233 g/mol. The van der Waals surface area contributed by atoms with Gasteiger partial charge in [-0.25, -0.2) is 0 Å². The Balaban J connectivity index is 1.93. The normalized spacial score (nSPS) is 10.5. The largest absolute Gasteiger partial charge is 0.407 e. The lowest BCUT2D eigenvalue weighted by molar-refractivity contribution is 0.489. The summed E-state index contributed by atoms with van der Waals surface area (Å²) in [5.41, 5.74) is 1.93. The summed E-state index contributed by atoms with van der Waals surface area (Å²) in [5.74, 6) is 0.562. The number of hydrogen-bond acceptors (Lipinski definition) is 6. The molecule has 0 spiro atoms. The van der Waals surface area contributed by atoms with Gasteiger partial charge in [-0.1, -0.05) is 11.2 Å². The minimum Gasteiger partial charge on any atom is -0.407 e. The second-order valence-electron chi connectivity index (χ2n) is 3.66. The molecule has 0 bridgehead atoms. The molecule has 6 heteroatoms. The van der Waals surface area contributed by atoms with Crippen LogP contribution < -0.4 is 10.6 Å². The van der Waals surface area contributed by atoms with Crippen LogP contribution in [0.3, 0.4) is 0 Å². The predicted molar refractivity (Wildman–Crippen MR) is 63.4 cm³/mol. The highest BCUT2D eigenvalue weighted by Gasteiger charge is 2.04. The van der Waals surface area contributed by atoms with Crippen LogP contribution in [0.2, 0.25) is 0 Å². The first-order chi connectivity index (χ1) is 8.28. The van der Waals surface area contributed by atoms with Crippen LogP contribution in [-0.4, -0.2) is 22.2 Å². The molecular formula is C11H15N5O. The molecule has 2 N–H and O–H groups in total. The molecule has 0 amide bonds. The van der Waals surface area contributed by atoms with Crippen molar-refractivity contribution < 1.29 is 4.42 Å². The summed E-state index contributed by atoms with van der Waals surface area (Å²) in [7, 11) is 1.83. The van der Waals surface area contributed by atoms with Crippen molar-refractivity contribution in [2.75, 3.05) is 12.4 Å². The smallest absolute Gasteiger partial charge is 0.315 e. The van der Waals surface area contributed by atoms with Crippen LogP contribution in [0.4, 0.5) is 6.01 Å². The minimum atomic E-state index is 0.415. The van der Waals surface area contributed by atoms with Crippen molar-refractivity contribution in [1.29, 1.82) is 0 Å². The van der Waals surface area contributed by atoms with Crippen molar-refractivity contribution in [3.8, 4) is 0 Å². The highest BCUT2D eigenvalue weighted by molar-refractivity contribution is 5.20. The van der Waals surface area contributed by atoms with Crippen molar-refractivity contribution in [1.82, 2.24) is 20.5 Å². The van der Waals surface area contributed by atoms with Gasteiger partial charge in [0, 0.05) is 5.69 Å². The molecule has 0 aromatic carbocycles. The van der Waals surface area contributed by atoms with E-state index in [9.17, 15) is 0 Å². The van der Waals surface area contributed by atoms with E-state index in [0.29, 0.717) is 25.0 Å². The number of nitrogens with one attached hydrogen (secondary N) is 2. The van der Waals surface area contributed by atoms with Gasteiger partial charge in [-0.15, -0.1) is 5.10 Å². The second-order valence-corrected chi connectivity index (χ2v) is 3.66. The third-order valence-electron chi connectivity index (χ3n) is 2.16. The van der Waals surface area contributed by atoms with Gasteiger partial charge in [0.2, 0.25) is 5.89 Å². The molecule has 0 unspecified atom stereocenters. The van der Waals surface area contributed by atoms with E-state index in [1.807, 2.05) is 32.2 Å². The minimum absolute atomic E-state index is 0.415. The molecule has 0 radical (unpaired) electrons. The van der Waals surface area contributed by atoms with E-state index in [1.165, 1.54) is 0 Å². The summed E-state index contributed by atoms with van der Waals surface area (Å²) in [6, 6.07) is 6.30. The number of rotatable bonds is 5. The number of aryl methyl sites for hydroxylation is 1. The van der Waals surface area contributed by atoms with Gasteiger partial charge in [-0.2, -0.15) is 0 Å². The van der Waals surface area contributed by atoms with Crippen molar-refractivity contribution >= 4 is 6.01 Å². The van der Waals surface area contributed by atoms with E-state index in [2.05, 4.69) is 25.8 Å². The molecule has 2 aromatic rings. The van der Waals surface area contributed by atoms with Crippen LogP contribution in [0.5, 0.6) is 0 Å². The predicted octanol–water partition coefficient (Wildman–Crippen LogP) is 1.10. The van der Waals surface area contributed by atoms with Crippen molar-refractivity contribution in [2.24, 2.45) is 0 Å². The number of nitrogens with zero attached hydrogens (tertiary/aromatic N) is 3. The van der Waals surface area contributed by atoms with Crippen LogP contribution >= 0.6 is 0 Å². The van der Waals surface area contributed by atoms with Gasteiger partial charge in [-0.05, 0) is 26.1 Å². The maximum atomic E-state index is 5.35. The summed E-state index contributed by atoms with van der Waals surface area (Å²) < 4.78 is 5.35. The monoisotopic (exact) mass is 233 g/mol. The van der Waals surface area contributed by atoms with Gasteiger partial charge in [-0.3, -0.25) is 4.98 Å². The van der Waals surface area contributed by atoms with Crippen molar-refractivity contribution in [3.63, 3.8) is 0 Å². The molecule has 2 aromatic heterocycles. The lowest BCUT2D eigenvalue weighted by Crippen LogP contribution is -2.05. The van der Waals surface area contributed by atoms with Gasteiger partial charge < -0.3 is 15.1 Å². The van der Waals surface area contributed by atoms with Gasteiger partial charge in [0.05, 0.1) is 18.8 Å². The van der Waals surface area contributed by atoms with Crippen molar-refractivity contribution in [2.45, 2.75) is 20.0 Å². The summed E-state index contributed by atoms with van der Waals surface area (Å²) in [5, 5.41) is 13.7. The number of aromatic nitrogens is 3. The Hall–Kier alpha value is -1.95. The Morgan fingerprint density at radius 1 is 1.24 bits per heavy atom. The van der Waals surface area contributed by atoms with Crippen LogP contribution in [0.1, 0.15) is 17.3 Å². The molecule has 2 heterocycles. The quantitative estimate of drug-likeness (QED) is 0.805. The summed E-state index contributed by atoms with van der Waals surface area (Å²) in [6.45, 7) is 3.10. The first-order valence-electron chi connectivity index (χ1n) is 5.41. The van der Waals surface area contributed by atoms with Crippen LogP contribution in [0.15, 0.2) is 22.6 Å². The van der Waals surface area contributed by atoms with Gasteiger partial charge >= 0.3 is 6.01 Å². The number of anilines is 1. The Morgan fingerprint density at radius 3 is 2.88 bits per heavy atom. The van der Waals surface area contributed by atoms with Crippen LogP contribution in [-0.2, 0) is 13.1 Å². The zero-order chi connectivity index (χ0) is 12.1. The fourth-order valence-electron chi connectivity index (χ4n) is 1.41. The fourth-order valence-corrected chi connectivity index (χ4v) is 1.41. The van der Waals surface area contributed by atoms with Crippen molar-refractivity contribution in [3.05, 3.63) is 35.5 Å². The number of hydrogen-bond donors (Lipinski definition) is 2. The Kier molecular flexibility index (Phi) is 3.66. The highest BCUT2D eigenvalue weighted by atomic mass is 16.4. The van der Waals surface area contributed by atoms with Gasteiger partial charge in [0.25, 0.3) is 0 Å². The molecule has 6 nitrogen and oxygen atoms in total. The van der Waals surface area contributed by atoms with Gasteiger partial charge in [0.15, 0.2) is 0 Å². The molecule has 0 fully saturated rings. The van der Waals surface area contributed by atoms with Crippen LogP contribution in [0.25, 0.3) is 0 Å². The maximum Gasteiger partial charge on any atom is 0.315 e. The summed E-state index contributed by atoms with van der Waals surface area (Å²) >= 11 is 0. The second kappa shape index (κ2) is 5.40. The van der Waals surface area contributed by atoms with E-state index < -0.39 is 0 Å². The Bertz CT molecular complexity index is 482. The average Bonchev–Trinajstić information content (AvgIpc) is 2.75. The molecule has 17 heavy (non-hydrogen) atoms. The first-order valence-corrected chi connectivity index (χ1v) is 5.41. The fraction of sp³-hybridized carbons (Fsp3) is 0.364. The SMILES string of the molecule is CNCc1nnc(NCc2cccc(C)n2)o1. The lowest BCUT2D eigenvalue weighted by atomic mass is 10.3. The third kappa shape index (κ3) is 3.25. The van der Waals surface area contributed by atoms with E-state index in [1.54, 1.807) is 0 Å². The van der Waals surface area contributed by atoms with E-state index in [4.69, 9.17) is 4.42 Å². The van der Waals surface area contributed by atoms with Crippen LogP contribution in [0, 0.1) is 6.92 Å². The zero-order valence-electron chi connectivity index (χ0n) is 9.90. The Morgan fingerprint density at radius 2 is 2.12 bits per heavy atom. The molecule has 0 aliphatic carbocycles. The molecular weight excluding hydrogens is 218 g/mol. The summed E-state index contributed by atoms with van der Waals surface area (Å²) in [6.07, 6.45) is 0. The highest BCUT2D eigenvalue weighted by Crippen LogP contribution is 2.07. The van der Waals surface area contributed by atoms with E-state index in [0.717, 1.165) is 11.4 Å². The first kappa shape index (κ1) is 11.5. The summed E-state index contributed by atoms with van der Waals surface area (Å²) in [4.78, 5) is 4.37. The van der Waals surface area contributed by atoms with E-state index in [-0.39, 0.29) is 0 Å². The molecule has 0 atom stereocenters. The molecule has 0 aliphatic heterocycles. The molecule has 0 saturated heterocycles. The lowest BCUT2D eigenvalue weighted by Gasteiger charge is -2.01. The standard InChI is InChI=1S/C11H15N5O/c1-8-4-3-5-9(14-8)6-13-11-16-15-10(17-11)7-12-2/h3-5,12H,6-7H2,1-2H3,(H,13,16). The molecule has 0 saturated carbocycles. The molecule has 90 valence electrons. The number of pyridine rings is 1. The topological polar surface area (TPSA) is 75.9 Å². The maximum absolute atomic E-state index is 5.35. The molecule has 2 rings (SSSR count).